The van der Waals surface area contributed by atoms with Crippen molar-refractivity contribution in [2.45, 2.75) is 58.4 Å². The number of amides is 1. The molecule has 0 bridgehead atoms. The first-order chi connectivity index (χ1) is 13.9. The molecule has 1 aliphatic rings. The summed E-state index contributed by atoms with van der Waals surface area (Å²) >= 11 is 0. The van der Waals surface area contributed by atoms with Gasteiger partial charge in [0.2, 0.25) is 15.9 Å². The zero-order chi connectivity index (χ0) is 21.3. The van der Waals surface area contributed by atoms with Gasteiger partial charge in [-0.15, -0.1) is 0 Å². The van der Waals surface area contributed by atoms with Crippen LogP contribution in [0.5, 0.6) is 5.75 Å². The van der Waals surface area contributed by atoms with Crippen LogP contribution in [0, 0.1) is 0 Å². The van der Waals surface area contributed by atoms with Crippen LogP contribution < -0.4 is 10.1 Å². The maximum absolute atomic E-state index is 12.3. The van der Waals surface area contributed by atoms with Gasteiger partial charge in [0, 0.05) is 37.5 Å². The Labute approximate surface area is 173 Å². The Balaban J connectivity index is 1.72. The summed E-state index contributed by atoms with van der Waals surface area (Å²) in [7, 11) is -3.18. The zero-order valence-electron chi connectivity index (χ0n) is 17.4. The maximum atomic E-state index is 12.3. The minimum atomic E-state index is -3.18. The molecule has 2 rings (SSSR count). The second-order valence-electron chi connectivity index (χ2n) is 7.35. The van der Waals surface area contributed by atoms with Crippen molar-refractivity contribution in [2.75, 3.05) is 25.4 Å². The van der Waals surface area contributed by atoms with Crippen LogP contribution in [0.4, 0.5) is 0 Å². The van der Waals surface area contributed by atoms with Crippen molar-refractivity contribution < 1.29 is 22.7 Å². The van der Waals surface area contributed by atoms with Gasteiger partial charge in [0.15, 0.2) is 5.78 Å². The second kappa shape index (κ2) is 11.3. The normalized spacial score (nSPS) is 15.8. The number of piperidine rings is 1. The molecule has 8 heteroatoms. The topological polar surface area (TPSA) is 92.8 Å². The van der Waals surface area contributed by atoms with Gasteiger partial charge in [0.1, 0.15) is 5.75 Å². The lowest BCUT2D eigenvalue weighted by Gasteiger charge is -2.31. The third-order valence-corrected chi connectivity index (χ3v) is 6.98. The van der Waals surface area contributed by atoms with Crippen LogP contribution in [-0.4, -0.2) is 55.9 Å². The first-order valence-electron chi connectivity index (χ1n) is 10.4. The lowest BCUT2D eigenvalue weighted by atomic mass is 10.0. The van der Waals surface area contributed by atoms with Gasteiger partial charge in [-0.05, 0) is 49.9 Å². The predicted molar refractivity (Wildman–Crippen MR) is 113 cm³/mol. The van der Waals surface area contributed by atoms with Gasteiger partial charge >= 0.3 is 0 Å². The first-order valence-corrected chi connectivity index (χ1v) is 12.0. The summed E-state index contributed by atoms with van der Waals surface area (Å²) in [5.74, 6) is 0.643. The second-order valence-corrected chi connectivity index (χ2v) is 9.44. The van der Waals surface area contributed by atoms with Crippen LogP contribution in [0.25, 0.3) is 0 Å². The van der Waals surface area contributed by atoms with Crippen molar-refractivity contribution in [1.82, 2.24) is 9.62 Å². The Kier molecular flexibility index (Phi) is 9.10. The van der Waals surface area contributed by atoms with E-state index >= 15 is 0 Å². The van der Waals surface area contributed by atoms with E-state index in [1.165, 1.54) is 4.31 Å². The van der Waals surface area contributed by atoms with Gasteiger partial charge in [-0.1, -0.05) is 13.8 Å². The Morgan fingerprint density at radius 2 is 1.72 bits per heavy atom. The van der Waals surface area contributed by atoms with Crippen molar-refractivity contribution in [3.05, 3.63) is 29.8 Å². The molecule has 1 aromatic carbocycles. The van der Waals surface area contributed by atoms with Crippen molar-refractivity contribution >= 4 is 21.7 Å². The lowest BCUT2D eigenvalue weighted by molar-refractivity contribution is -0.122. The molecule has 1 N–H and O–H groups in total. The number of rotatable bonds is 11. The third-order valence-electron chi connectivity index (χ3n) is 4.90. The molecule has 1 saturated heterocycles. The molecular weight excluding hydrogens is 392 g/mol. The molecule has 0 atom stereocenters. The third kappa shape index (κ3) is 7.44. The summed E-state index contributed by atoms with van der Waals surface area (Å²) in [6, 6.07) is 6.93. The Hall–Kier alpha value is -1.93. The van der Waals surface area contributed by atoms with Gasteiger partial charge in [0.25, 0.3) is 0 Å². The van der Waals surface area contributed by atoms with Crippen LogP contribution in [0.15, 0.2) is 24.3 Å². The molecule has 0 saturated carbocycles. The van der Waals surface area contributed by atoms with Gasteiger partial charge < -0.3 is 10.1 Å². The fourth-order valence-corrected chi connectivity index (χ4v) is 4.83. The monoisotopic (exact) mass is 424 g/mol. The molecule has 0 radical (unpaired) electrons. The number of ether oxygens (including phenoxy) is 1. The number of hydrogen-bond donors (Lipinski definition) is 1. The molecule has 29 heavy (non-hydrogen) atoms. The summed E-state index contributed by atoms with van der Waals surface area (Å²) < 4.78 is 31.2. The highest BCUT2D eigenvalue weighted by molar-refractivity contribution is 7.89. The predicted octanol–water partition coefficient (Wildman–Crippen LogP) is 2.76. The van der Waals surface area contributed by atoms with Gasteiger partial charge in [-0.3, -0.25) is 9.59 Å². The fourth-order valence-electron chi connectivity index (χ4n) is 3.29. The molecule has 0 aliphatic carbocycles. The number of ketones is 1. The lowest BCUT2D eigenvalue weighted by Crippen LogP contribution is -2.47. The number of hydrogen-bond acceptors (Lipinski definition) is 5. The van der Waals surface area contributed by atoms with E-state index in [0.29, 0.717) is 44.5 Å². The van der Waals surface area contributed by atoms with Gasteiger partial charge in [0.05, 0.1) is 12.4 Å². The van der Waals surface area contributed by atoms with E-state index in [9.17, 15) is 18.0 Å². The standard InChI is InChI=1S/C21H32N2O5S/c1-3-15-28-19-7-5-17(6-8-19)20(24)9-10-21(25)22-18-11-13-23(14-12-18)29(26,27)16-4-2/h5-8,18H,3-4,9-16H2,1-2H3,(H,22,25). The number of sulfonamides is 1. The van der Waals surface area contributed by atoms with Gasteiger partial charge in [-0.2, -0.15) is 0 Å². The van der Waals surface area contributed by atoms with Crippen molar-refractivity contribution in [3.63, 3.8) is 0 Å². The summed E-state index contributed by atoms with van der Waals surface area (Å²) in [5.41, 5.74) is 0.566. The largest absolute Gasteiger partial charge is 0.494 e. The van der Waals surface area contributed by atoms with E-state index in [-0.39, 0.29) is 36.3 Å². The molecule has 1 heterocycles. The van der Waals surface area contributed by atoms with E-state index in [4.69, 9.17) is 4.74 Å². The molecule has 162 valence electrons. The summed E-state index contributed by atoms with van der Waals surface area (Å²) in [6.07, 6.45) is 2.99. The molecule has 1 fully saturated rings. The Morgan fingerprint density at radius 3 is 2.31 bits per heavy atom. The number of nitrogens with one attached hydrogen (secondary N) is 1. The Bertz CT molecular complexity index is 769. The molecule has 1 amide bonds. The molecule has 7 nitrogen and oxygen atoms in total. The summed E-state index contributed by atoms with van der Waals surface area (Å²) in [4.78, 5) is 24.5. The van der Waals surface area contributed by atoms with E-state index in [1.807, 2.05) is 13.8 Å². The SMILES string of the molecule is CCCOc1ccc(C(=O)CCC(=O)NC2CCN(S(=O)(=O)CCC)CC2)cc1. The van der Waals surface area contributed by atoms with Gasteiger partial charge in [-0.25, -0.2) is 12.7 Å². The number of carbonyl (C=O) groups excluding carboxylic acids is 2. The number of carbonyl (C=O) groups is 2. The van der Waals surface area contributed by atoms with Crippen LogP contribution in [0.1, 0.15) is 62.7 Å². The number of nitrogens with zero attached hydrogens (tertiary/aromatic N) is 1. The average molecular weight is 425 g/mol. The zero-order valence-corrected chi connectivity index (χ0v) is 18.2. The molecule has 1 aromatic rings. The van der Waals surface area contributed by atoms with Crippen molar-refractivity contribution in [3.8, 4) is 5.75 Å². The fraction of sp³-hybridized carbons (Fsp3) is 0.619. The molecule has 0 unspecified atom stereocenters. The summed E-state index contributed by atoms with van der Waals surface area (Å²) in [6.45, 7) is 5.37. The smallest absolute Gasteiger partial charge is 0.220 e. The maximum Gasteiger partial charge on any atom is 0.220 e. The Morgan fingerprint density at radius 1 is 1.07 bits per heavy atom. The molecular formula is C21H32N2O5S. The van der Waals surface area contributed by atoms with E-state index in [0.717, 1.165) is 12.2 Å². The highest BCUT2D eigenvalue weighted by atomic mass is 32.2. The molecule has 1 aliphatic heterocycles. The number of Topliss-reactive ketones (excluding diaryl/α,β-unsaturated/α-hetero) is 1. The number of benzene rings is 1. The summed E-state index contributed by atoms with van der Waals surface area (Å²) in [5, 5.41) is 2.93. The quantitative estimate of drug-likeness (QED) is 0.552. The highest BCUT2D eigenvalue weighted by Gasteiger charge is 2.27. The highest BCUT2D eigenvalue weighted by Crippen LogP contribution is 2.16. The van der Waals surface area contributed by atoms with Crippen molar-refractivity contribution in [1.29, 1.82) is 0 Å². The first kappa shape index (κ1) is 23.3. The minimum absolute atomic E-state index is 0.0410. The minimum Gasteiger partial charge on any atom is -0.494 e. The van der Waals surface area contributed by atoms with Crippen LogP contribution in [-0.2, 0) is 14.8 Å². The van der Waals surface area contributed by atoms with E-state index < -0.39 is 10.0 Å². The molecule has 0 spiro atoms. The van der Waals surface area contributed by atoms with E-state index in [1.54, 1.807) is 24.3 Å². The van der Waals surface area contributed by atoms with Crippen LogP contribution in [0.2, 0.25) is 0 Å². The van der Waals surface area contributed by atoms with E-state index in [2.05, 4.69) is 5.32 Å². The van der Waals surface area contributed by atoms with Crippen molar-refractivity contribution in [2.24, 2.45) is 0 Å². The molecule has 0 aromatic heterocycles. The van der Waals surface area contributed by atoms with Crippen LogP contribution in [0.3, 0.4) is 0 Å². The average Bonchev–Trinajstić information content (AvgIpc) is 2.71. The van der Waals surface area contributed by atoms with Crippen LogP contribution >= 0.6 is 0 Å².